The molecule has 0 radical (unpaired) electrons. The molecule has 0 aliphatic heterocycles. The lowest BCUT2D eigenvalue weighted by atomic mass is 10.2. The molecule has 2 aromatic rings. The van der Waals surface area contributed by atoms with Gasteiger partial charge in [-0.3, -0.25) is 4.79 Å². The van der Waals surface area contributed by atoms with Gasteiger partial charge in [-0.2, -0.15) is 0 Å². The molecule has 0 amide bonds. The van der Waals surface area contributed by atoms with Crippen molar-refractivity contribution in [2.45, 2.75) is 17.7 Å². The van der Waals surface area contributed by atoms with E-state index in [1.165, 1.54) is 28.7 Å². The predicted octanol–water partition coefficient (Wildman–Crippen LogP) is 3.08. The number of carboxylic acids is 1. The molecule has 0 atom stereocenters. The summed E-state index contributed by atoms with van der Waals surface area (Å²) in [7, 11) is 0. The highest BCUT2D eigenvalue weighted by Gasteiger charge is 2.07. The number of rotatable bonds is 5. The van der Waals surface area contributed by atoms with E-state index in [1.54, 1.807) is 0 Å². The lowest BCUT2D eigenvalue weighted by molar-refractivity contribution is -0.136. The quantitative estimate of drug-likeness (QED) is 0.853. The van der Waals surface area contributed by atoms with Crippen LogP contribution in [0.5, 0.6) is 0 Å². The highest BCUT2D eigenvalue weighted by molar-refractivity contribution is 8.01. The average Bonchev–Trinajstić information content (AvgIpc) is 2.78. The second-order valence-corrected chi connectivity index (χ2v) is 6.05. The highest BCUT2D eigenvalue weighted by atomic mass is 32.2. The summed E-state index contributed by atoms with van der Waals surface area (Å²) in [6.07, 6.45) is 0.143. The maximum absolute atomic E-state index is 10.4. The third kappa shape index (κ3) is 3.54. The topological polar surface area (TPSA) is 63.1 Å². The van der Waals surface area contributed by atoms with Crippen LogP contribution in [0.15, 0.2) is 28.6 Å². The molecule has 1 N–H and O–H groups in total. The minimum atomic E-state index is -0.786. The van der Waals surface area contributed by atoms with Crippen molar-refractivity contribution in [3.63, 3.8) is 0 Å². The summed E-state index contributed by atoms with van der Waals surface area (Å²) >= 11 is 2.92. The van der Waals surface area contributed by atoms with Gasteiger partial charge in [0.1, 0.15) is 5.01 Å². The minimum Gasteiger partial charge on any atom is -0.481 e. The first-order valence-corrected chi connectivity index (χ1v) is 7.20. The second kappa shape index (κ2) is 5.97. The molecule has 0 aliphatic rings. The molecule has 4 nitrogen and oxygen atoms in total. The summed E-state index contributed by atoms with van der Waals surface area (Å²) in [5.41, 5.74) is 2.25. The van der Waals surface area contributed by atoms with Crippen molar-refractivity contribution < 1.29 is 9.90 Å². The van der Waals surface area contributed by atoms with Crippen LogP contribution in [0, 0.1) is 6.92 Å². The summed E-state index contributed by atoms with van der Waals surface area (Å²) in [4.78, 5) is 10.4. The van der Waals surface area contributed by atoms with Crippen LogP contribution in [0.4, 0.5) is 0 Å². The molecule has 0 bridgehead atoms. The van der Waals surface area contributed by atoms with Gasteiger partial charge in [0.25, 0.3) is 0 Å². The largest absolute Gasteiger partial charge is 0.481 e. The zero-order valence-corrected chi connectivity index (χ0v) is 11.4. The van der Waals surface area contributed by atoms with Gasteiger partial charge in [0, 0.05) is 11.3 Å². The standard InChI is InChI=1S/C12H12N2O2S2/c1-8-2-4-9(5-3-8)11-13-14-12(18-11)17-7-6-10(15)16/h2-5H,6-7H2,1H3,(H,15,16). The Bertz CT molecular complexity index is 537. The molecule has 0 fully saturated rings. The normalized spacial score (nSPS) is 10.5. The molecule has 0 spiro atoms. The number of carbonyl (C=O) groups is 1. The molecule has 94 valence electrons. The van der Waals surface area contributed by atoms with Crippen LogP contribution in [-0.4, -0.2) is 27.0 Å². The number of carboxylic acid groups (broad SMARTS) is 1. The Kier molecular flexibility index (Phi) is 4.33. The maximum Gasteiger partial charge on any atom is 0.304 e. The van der Waals surface area contributed by atoms with Crippen LogP contribution in [0.2, 0.25) is 0 Å². The Labute approximate surface area is 113 Å². The van der Waals surface area contributed by atoms with E-state index in [0.29, 0.717) is 5.75 Å². The van der Waals surface area contributed by atoms with Crippen LogP contribution in [-0.2, 0) is 4.79 Å². The third-order valence-corrected chi connectivity index (χ3v) is 4.35. The van der Waals surface area contributed by atoms with E-state index in [4.69, 9.17) is 5.11 Å². The van der Waals surface area contributed by atoms with E-state index in [9.17, 15) is 4.79 Å². The summed E-state index contributed by atoms with van der Waals surface area (Å²) in [6.45, 7) is 2.04. The van der Waals surface area contributed by atoms with Gasteiger partial charge < -0.3 is 5.11 Å². The van der Waals surface area contributed by atoms with Crippen molar-refractivity contribution in [3.05, 3.63) is 29.8 Å². The number of hydrogen-bond donors (Lipinski definition) is 1. The average molecular weight is 280 g/mol. The van der Waals surface area contributed by atoms with Gasteiger partial charge in [0.05, 0.1) is 6.42 Å². The van der Waals surface area contributed by atoms with Crippen molar-refractivity contribution in [3.8, 4) is 10.6 Å². The molecular weight excluding hydrogens is 268 g/mol. The number of hydrogen-bond acceptors (Lipinski definition) is 5. The number of nitrogens with zero attached hydrogens (tertiary/aromatic N) is 2. The lowest BCUT2D eigenvalue weighted by Gasteiger charge is -1.95. The molecule has 0 aliphatic carbocycles. The number of benzene rings is 1. The van der Waals surface area contributed by atoms with Crippen LogP contribution in [0.1, 0.15) is 12.0 Å². The zero-order chi connectivity index (χ0) is 13.0. The van der Waals surface area contributed by atoms with E-state index in [-0.39, 0.29) is 6.42 Å². The van der Waals surface area contributed by atoms with E-state index in [0.717, 1.165) is 14.9 Å². The van der Waals surface area contributed by atoms with E-state index in [1.807, 2.05) is 31.2 Å². The Balaban J connectivity index is 2.01. The molecule has 6 heteroatoms. The molecule has 1 aromatic carbocycles. The van der Waals surface area contributed by atoms with Gasteiger partial charge in [-0.05, 0) is 6.92 Å². The molecule has 1 heterocycles. The SMILES string of the molecule is Cc1ccc(-c2nnc(SCCC(=O)O)s2)cc1. The highest BCUT2D eigenvalue weighted by Crippen LogP contribution is 2.29. The number of thioether (sulfide) groups is 1. The van der Waals surface area contributed by atoms with E-state index < -0.39 is 5.97 Å². The summed E-state index contributed by atoms with van der Waals surface area (Å²) < 4.78 is 0.812. The Morgan fingerprint density at radius 2 is 2.06 bits per heavy atom. The van der Waals surface area contributed by atoms with Crippen molar-refractivity contribution in [2.75, 3.05) is 5.75 Å². The molecule has 2 rings (SSSR count). The Hall–Kier alpha value is -1.40. The number of aliphatic carboxylic acids is 1. The molecule has 1 aromatic heterocycles. The van der Waals surface area contributed by atoms with Gasteiger partial charge in [-0.1, -0.05) is 52.9 Å². The number of aryl methyl sites for hydroxylation is 1. The monoisotopic (exact) mass is 280 g/mol. The van der Waals surface area contributed by atoms with Gasteiger partial charge in [0.15, 0.2) is 4.34 Å². The first-order chi connectivity index (χ1) is 8.65. The summed E-state index contributed by atoms with van der Waals surface area (Å²) in [5.74, 6) is -0.261. The van der Waals surface area contributed by atoms with Crippen LogP contribution in [0.25, 0.3) is 10.6 Å². The Morgan fingerprint density at radius 1 is 1.33 bits per heavy atom. The first kappa shape index (κ1) is 13.0. The van der Waals surface area contributed by atoms with Gasteiger partial charge in [-0.25, -0.2) is 0 Å². The number of aromatic nitrogens is 2. The van der Waals surface area contributed by atoms with Crippen LogP contribution >= 0.6 is 23.1 Å². The second-order valence-electron chi connectivity index (χ2n) is 3.73. The predicted molar refractivity (Wildman–Crippen MR) is 73.1 cm³/mol. The molecule has 0 saturated carbocycles. The van der Waals surface area contributed by atoms with Gasteiger partial charge in [-0.15, -0.1) is 10.2 Å². The first-order valence-electron chi connectivity index (χ1n) is 5.40. The van der Waals surface area contributed by atoms with E-state index >= 15 is 0 Å². The van der Waals surface area contributed by atoms with Gasteiger partial charge >= 0.3 is 5.97 Å². The van der Waals surface area contributed by atoms with Crippen LogP contribution in [0.3, 0.4) is 0 Å². The van der Waals surface area contributed by atoms with Crippen molar-refractivity contribution in [1.29, 1.82) is 0 Å². The third-order valence-electron chi connectivity index (χ3n) is 2.25. The van der Waals surface area contributed by atoms with E-state index in [2.05, 4.69) is 10.2 Å². The summed E-state index contributed by atoms with van der Waals surface area (Å²) in [6, 6.07) is 8.10. The van der Waals surface area contributed by atoms with Crippen molar-refractivity contribution >= 4 is 29.1 Å². The van der Waals surface area contributed by atoms with Gasteiger partial charge in [0.2, 0.25) is 0 Å². The van der Waals surface area contributed by atoms with Crippen molar-refractivity contribution in [2.24, 2.45) is 0 Å². The zero-order valence-electron chi connectivity index (χ0n) is 9.79. The maximum atomic E-state index is 10.4. The molecule has 18 heavy (non-hydrogen) atoms. The molecule has 0 unspecified atom stereocenters. The molecular formula is C12H12N2O2S2. The van der Waals surface area contributed by atoms with Crippen molar-refractivity contribution in [1.82, 2.24) is 10.2 Å². The molecule has 0 saturated heterocycles. The fourth-order valence-electron chi connectivity index (χ4n) is 1.31. The fourth-order valence-corrected chi connectivity index (χ4v) is 3.16. The Morgan fingerprint density at radius 3 is 2.72 bits per heavy atom. The smallest absolute Gasteiger partial charge is 0.304 e. The minimum absolute atomic E-state index is 0.143. The lowest BCUT2D eigenvalue weighted by Crippen LogP contribution is -1.95. The fraction of sp³-hybridized carbons (Fsp3) is 0.250. The summed E-state index contributed by atoms with van der Waals surface area (Å²) in [5, 5.41) is 17.6. The van der Waals surface area contributed by atoms with Crippen LogP contribution < -0.4 is 0 Å².